The summed E-state index contributed by atoms with van der Waals surface area (Å²) in [7, 11) is 0. The molecule has 0 N–H and O–H groups in total. The van der Waals surface area contributed by atoms with Crippen molar-refractivity contribution in [3.63, 3.8) is 0 Å². The Morgan fingerprint density at radius 2 is 2.09 bits per heavy atom. The molecule has 0 aromatic heterocycles. The summed E-state index contributed by atoms with van der Waals surface area (Å²) in [6, 6.07) is 0. The molecule has 0 bridgehead atoms. The van der Waals surface area contributed by atoms with Crippen molar-refractivity contribution in [1.82, 2.24) is 0 Å². The second-order valence-corrected chi connectivity index (χ2v) is 3.34. The number of rotatable bonds is 1. The fraction of sp³-hybridized carbons (Fsp3) is 0.500. The van der Waals surface area contributed by atoms with Gasteiger partial charge >= 0.3 is 0 Å². The lowest BCUT2D eigenvalue weighted by atomic mass is 9.78. The lowest BCUT2D eigenvalue weighted by Gasteiger charge is -2.27. The van der Waals surface area contributed by atoms with Crippen LogP contribution in [-0.2, 0) is 4.79 Å². The zero-order valence-corrected chi connectivity index (χ0v) is 6.55. The molecule has 0 heterocycles. The van der Waals surface area contributed by atoms with Crippen LogP contribution in [0.2, 0.25) is 0 Å². The zero-order valence-electron chi connectivity index (χ0n) is 6.55. The van der Waals surface area contributed by atoms with Gasteiger partial charge in [0.2, 0.25) is 0 Å². The molecule has 1 fully saturated rings. The molecule has 11 heavy (non-hydrogen) atoms. The van der Waals surface area contributed by atoms with E-state index in [2.05, 4.69) is 6.08 Å². The van der Waals surface area contributed by atoms with Crippen LogP contribution in [0, 0.1) is 5.92 Å². The van der Waals surface area contributed by atoms with Crippen LogP contribution >= 0.6 is 0 Å². The SMILES string of the molecule is O=C1C=CC(C2CCC2)=CC1. The van der Waals surface area contributed by atoms with E-state index in [1.165, 1.54) is 24.8 Å². The topological polar surface area (TPSA) is 17.1 Å². The highest BCUT2D eigenvalue weighted by Crippen LogP contribution is 2.34. The minimum atomic E-state index is 0.244. The fourth-order valence-corrected chi connectivity index (χ4v) is 1.59. The molecular formula is C10H12O. The van der Waals surface area contributed by atoms with Gasteiger partial charge in [-0.3, -0.25) is 4.79 Å². The number of carbonyl (C=O) groups excluding carboxylic acids is 1. The van der Waals surface area contributed by atoms with Crippen LogP contribution in [0.25, 0.3) is 0 Å². The Bertz CT molecular complexity index is 231. The third-order valence-corrected chi connectivity index (χ3v) is 2.58. The molecule has 2 aliphatic rings. The predicted molar refractivity (Wildman–Crippen MR) is 44.2 cm³/mol. The van der Waals surface area contributed by atoms with Crippen molar-refractivity contribution in [2.75, 3.05) is 0 Å². The number of hydrogen-bond donors (Lipinski definition) is 0. The fourth-order valence-electron chi connectivity index (χ4n) is 1.59. The first-order chi connectivity index (χ1) is 5.36. The summed E-state index contributed by atoms with van der Waals surface area (Å²) in [6.07, 6.45) is 10.4. The van der Waals surface area contributed by atoms with Crippen molar-refractivity contribution < 1.29 is 4.79 Å². The molecule has 0 radical (unpaired) electrons. The van der Waals surface area contributed by atoms with E-state index in [1.54, 1.807) is 6.08 Å². The van der Waals surface area contributed by atoms with Gasteiger partial charge in [0.15, 0.2) is 5.78 Å². The Morgan fingerprint density at radius 1 is 1.27 bits per heavy atom. The first-order valence-electron chi connectivity index (χ1n) is 4.27. The van der Waals surface area contributed by atoms with Crippen LogP contribution in [0.15, 0.2) is 23.8 Å². The Labute approximate surface area is 66.8 Å². The van der Waals surface area contributed by atoms with Crippen LogP contribution in [0.4, 0.5) is 0 Å². The average Bonchev–Trinajstić information content (AvgIpc) is 1.90. The van der Waals surface area contributed by atoms with Crippen molar-refractivity contribution in [1.29, 1.82) is 0 Å². The summed E-state index contributed by atoms with van der Waals surface area (Å²) in [5, 5.41) is 0. The third-order valence-electron chi connectivity index (χ3n) is 2.58. The van der Waals surface area contributed by atoms with E-state index in [1.807, 2.05) is 6.08 Å². The highest BCUT2D eigenvalue weighted by atomic mass is 16.1. The average molecular weight is 148 g/mol. The van der Waals surface area contributed by atoms with Gasteiger partial charge in [-0.2, -0.15) is 0 Å². The number of allylic oxidation sites excluding steroid dienone is 4. The van der Waals surface area contributed by atoms with E-state index in [0.29, 0.717) is 6.42 Å². The van der Waals surface area contributed by atoms with E-state index in [9.17, 15) is 4.79 Å². The van der Waals surface area contributed by atoms with Crippen molar-refractivity contribution in [3.05, 3.63) is 23.8 Å². The summed E-state index contributed by atoms with van der Waals surface area (Å²) >= 11 is 0. The largest absolute Gasteiger partial charge is 0.295 e. The maximum absolute atomic E-state index is 10.8. The molecule has 0 aromatic rings. The van der Waals surface area contributed by atoms with Crippen LogP contribution in [0.1, 0.15) is 25.7 Å². The van der Waals surface area contributed by atoms with Gasteiger partial charge in [0.05, 0.1) is 0 Å². The van der Waals surface area contributed by atoms with Gasteiger partial charge in [-0.15, -0.1) is 0 Å². The van der Waals surface area contributed by atoms with E-state index in [-0.39, 0.29) is 5.78 Å². The molecule has 1 nitrogen and oxygen atoms in total. The summed E-state index contributed by atoms with van der Waals surface area (Å²) < 4.78 is 0. The number of carbonyl (C=O) groups is 1. The molecule has 0 aliphatic heterocycles. The summed E-state index contributed by atoms with van der Waals surface area (Å²) in [6.45, 7) is 0. The summed E-state index contributed by atoms with van der Waals surface area (Å²) in [5.41, 5.74) is 1.40. The van der Waals surface area contributed by atoms with Gasteiger partial charge in [-0.1, -0.05) is 18.6 Å². The van der Waals surface area contributed by atoms with Gasteiger partial charge in [0.1, 0.15) is 0 Å². The van der Waals surface area contributed by atoms with Gasteiger partial charge in [-0.25, -0.2) is 0 Å². The molecular weight excluding hydrogens is 136 g/mol. The first-order valence-corrected chi connectivity index (χ1v) is 4.27. The van der Waals surface area contributed by atoms with Gasteiger partial charge in [-0.05, 0) is 30.4 Å². The lowest BCUT2D eigenvalue weighted by molar-refractivity contribution is -0.113. The molecule has 58 valence electrons. The maximum atomic E-state index is 10.8. The van der Waals surface area contributed by atoms with Crippen molar-refractivity contribution >= 4 is 5.78 Å². The molecule has 0 atom stereocenters. The summed E-state index contributed by atoms with van der Waals surface area (Å²) in [5.74, 6) is 1.02. The van der Waals surface area contributed by atoms with E-state index in [0.717, 1.165) is 5.92 Å². The summed E-state index contributed by atoms with van der Waals surface area (Å²) in [4.78, 5) is 10.8. The maximum Gasteiger partial charge on any atom is 0.159 e. The molecule has 0 aromatic carbocycles. The van der Waals surface area contributed by atoms with Crippen molar-refractivity contribution in [2.45, 2.75) is 25.7 Å². The molecule has 0 spiro atoms. The minimum absolute atomic E-state index is 0.244. The highest BCUT2D eigenvalue weighted by Gasteiger charge is 2.21. The Kier molecular flexibility index (Phi) is 1.65. The van der Waals surface area contributed by atoms with Gasteiger partial charge in [0.25, 0.3) is 0 Å². The van der Waals surface area contributed by atoms with E-state index < -0.39 is 0 Å². The Morgan fingerprint density at radius 3 is 2.55 bits per heavy atom. The van der Waals surface area contributed by atoms with Gasteiger partial charge in [0, 0.05) is 6.42 Å². The molecule has 2 aliphatic carbocycles. The highest BCUT2D eigenvalue weighted by molar-refractivity contribution is 5.92. The van der Waals surface area contributed by atoms with Crippen LogP contribution in [-0.4, -0.2) is 5.78 Å². The normalized spacial score (nSPS) is 24.7. The standard InChI is InChI=1S/C10H12O/c11-10-6-4-9(5-7-10)8-2-1-3-8/h4-6,8H,1-3,7H2. The Hall–Kier alpha value is -0.850. The van der Waals surface area contributed by atoms with Crippen molar-refractivity contribution in [2.24, 2.45) is 5.92 Å². The molecule has 1 heteroatoms. The molecule has 0 saturated heterocycles. The number of hydrogen-bond acceptors (Lipinski definition) is 1. The van der Waals surface area contributed by atoms with Crippen LogP contribution < -0.4 is 0 Å². The molecule has 0 unspecified atom stereocenters. The van der Waals surface area contributed by atoms with Crippen LogP contribution in [0.3, 0.4) is 0 Å². The zero-order chi connectivity index (χ0) is 7.68. The monoisotopic (exact) mass is 148 g/mol. The lowest BCUT2D eigenvalue weighted by Crippen LogP contribution is -2.14. The quantitative estimate of drug-likeness (QED) is 0.557. The molecule has 2 rings (SSSR count). The smallest absolute Gasteiger partial charge is 0.159 e. The van der Waals surface area contributed by atoms with E-state index >= 15 is 0 Å². The second-order valence-electron chi connectivity index (χ2n) is 3.34. The van der Waals surface area contributed by atoms with Crippen molar-refractivity contribution in [3.8, 4) is 0 Å². The first kappa shape index (κ1) is 6.84. The minimum Gasteiger partial charge on any atom is -0.295 e. The second kappa shape index (κ2) is 2.65. The third kappa shape index (κ3) is 1.28. The number of ketones is 1. The van der Waals surface area contributed by atoms with E-state index in [4.69, 9.17) is 0 Å². The van der Waals surface area contributed by atoms with Gasteiger partial charge < -0.3 is 0 Å². The molecule has 0 amide bonds. The van der Waals surface area contributed by atoms with Crippen LogP contribution in [0.5, 0.6) is 0 Å². The predicted octanol–water partition coefficient (Wildman–Crippen LogP) is 2.24. The molecule has 1 saturated carbocycles. The Balaban J connectivity index is 2.04.